The van der Waals surface area contributed by atoms with Gasteiger partial charge in [0.2, 0.25) is 5.75 Å². The van der Waals surface area contributed by atoms with Gasteiger partial charge in [0.15, 0.2) is 11.5 Å². The summed E-state index contributed by atoms with van der Waals surface area (Å²) in [6, 6.07) is 20.0. The van der Waals surface area contributed by atoms with E-state index in [1.807, 2.05) is 48.5 Å². The number of anilines is 1. The summed E-state index contributed by atoms with van der Waals surface area (Å²) >= 11 is 0. The molecule has 2 N–H and O–H groups in total. The Kier molecular flexibility index (Phi) is 7.52. The summed E-state index contributed by atoms with van der Waals surface area (Å²) in [5.74, 6) is 2.01. The van der Waals surface area contributed by atoms with Crippen molar-refractivity contribution in [2.75, 3.05) is 31.1 Å². The first-order valence-corrected chi connectivity index (χ1v) is 13.2. The zero-order valence-corrected chi connectivity index (χ0v) is 21.2. The van der Waals surface area contributed by atoms with Crippen LogP contribution in [0.2, 0.25) is 0 Å². The Hall–Kier alpha value is -3.23. The summed E-state index contributed by atoms with van der Waals surface area (Å²) in [7, 11) is -3.67. The van der Waals surface area contributed by atoms with E-state index in [2.05, 4.69) is 30.8 Å². The van der Waals surface area contributed by atoms with Crippen molar-refractivity contribution in [3.63, 3.8) is 0 Å². The van der Waals surface area contributed by atoms with Gasteiger partial charge in [0.1, 0.15) is 19.8 Å². The molecule has 3 aromatic carbocycles. The number of ether oxygens (including phenoxy) is 3. The molecule has 0 aliphatic carbocycles. The van der Waals surface area contributed by atoms with Crippen molar-refractivity contribution in [2.45, 2.75) is 37.6 Å². The minimum atomic E-state index is -3.67. The average molecular weight is 497 g/mol. The fraction of sp³-hybridized carbons (Fsp3) is 0.333. The molecule has 3 aromatic rings. The van der Waals surface area contributed by atoms with Gasteiger partial charge in [0, 0.05) is 18.8 Å². The second-order valence-electron chi connectivity index (χ2n) is 9.39. The molecule has 0 spiro atoms. The fourth-order valence-corrected chi connectivity index (χ4v) is 4.77. The van der Waals surface area contributed by atoms with E-state index in [1.165, 1.54) is 0 Å². The van der Waals surface area contributed by atoms with E-state index in [9.17, 15) is 8.42 Å². The molecule has 0 aromatic heterocycles. The Balaban J connectivity index is 1.29. The van der Waals surface area contributed by atoms with Gasteiger partial charge >= 0.3 is 0 Å². The van der Waals surface area contributed by atoms with Crippen molar-refractivity contribution in [3.05, 3.63) is 77.9 Å². The first-order valence-electron chi connectivity index (χ1n) is 11.7. The molecule has 0 atom stereocenters. The summed E-state index contributed by atoms with van der Waals surface area (Å²) in [6.07, 6.45) is 0. The largest absolute Gasteiger partial charge is 0.488 e. The molecule has 1 heterocycles. The third-order valence-electron chi connectivity index (χ3n) is 5.61. The number of para-hydroxylation sites is 1. The average Bonchev–Trinajstić information content (AvgIpc) is 2.83. The molecule has 1 aliphatic rings. The first kappa shape index (κ1) is 24.9. The molecule has 1 aliphatic heterocycles. The van der Waals surface area contributed by atoms with Crippen LogP contribution in [0.25, 0.3) is 0 Å². The van der Waals surface area contributed by atoms with Crippen LogP contribution in [0.3, 0.4) is 0 Å². The maximum Gasteiger partial charge on any atom is 0.261 e. The van der Waals surface area contributed by atoms with Crippen molar-refractivity contribution in [1.29, 1.82) is 0 Å². The Morgan fingerprint density at radius 1 is 0.943 bits per heavy atom. The van der Waals surface area contributed by atoms with Crippen LogP contribution >= 0.6 is 0 Å². The highest BCUT2D eigenvalue weighted by Gasteiger charge is 2.18. The van der Waals surface area contributed by atoms with E-state index in [0.717, 1.165) is 11.1 Å². The molecule has 0 bridgehead atoms. The van der Waals surface area contributed by atoms with Crippen LogP contribution in [-0.4, -0.2) is 34.8 Å². The number of hydrogen-bond acceptors (Lipinski definition) is 6. The molecule has 0 radical (unpaired) electrons. The number of rotatable bonds is 9. The minimum Gasteiger partial charge on any atom is -0.488 e. The second-order valence-corrected chi connectivity index (χ2v) is 11.1. The fourth-order valence-electron chi connectivity index (χ4n) is 3.72. The molecule has 0 fully saturated rings. The van der Waals surface area contributed by atoms with Gasteiger partial charge in [-0.15, -0.1) is 0 Å². The maximum absolute atomic E-state index is 12.8. The normalized spacial score (nSPS) is 13.3. The van der Waals surface area contributed by atoms with E-state index in [4.69, 9.17) is 14.2 Å². The van der Waals surface area contributed by atoms with Crippen LogP contribution < -0.4 is 24.2 Å². The zero-order valence-electron chi connectivity index (χ0n) is 20.3. The van der Waals surface area contributed by atoms with Gasteiger partial charge in [0.25, 0.3) is 10.0 Å². The van der Waals surface area contributed by atoms with Crippen LogP contribution in [-0.2, 0) is 22.0 Å². The van der Waals surface area contributed by atoms with E-state index in [-0.39, 0.29) is 10.3 Å². The molecule has 4 rings (SSSR count). The quantitative estimate of drug-likeness (QED) is 0.417. The Labute approximate surface area is 207 Å². The molecule has 0 saturated carbocycles. The molecule has 8 heteroatoms. The van der Waals surface area contributed by atoms with Crippen LogP contribution in [0.15, 0.2) is 71.6 Å². The van der Waals surface area contributed by atoms with Crippen LogP contribution in [0.4, 0.5) is 5.69 Å². The molecule has 0 unspecified atom stereocenters. The lowest BCUT2D eigenvalue weighted by atomic mass is 9.87. The Morgan fingerprint density at radius 3 is 2.46 bits per heavy atom. The summed E-state index contributed by atoms with van der Waals surface area (Å²) in [6.45, 7) is 8.98. The predicted molar refractivity (Wildman–Crippen MR) is 137 cm³/mol. The highest BCUT2D eigenvalue weighted by Crippen LogP contribution is 2.38. The number of nitrogens with one attached hydrogen (secondary N) is 2. The third kappa shape index (κ3) is 6.46. The number of benzene rings is 3. The summed E-state index contributed by atoms with van der Waals surface area (Å²) < 4.78 is 45.5. The number of fused-ring (bicyclic) bond motifs is 1. The van der Waals surface area contributed by atoms with Gasteiger partial charge in [-0.3, -0.25) is 4.72 Å². The van der Waals surface area contributed by atoms with E-state index >= 15 is 0 Å². The van der Waals surface area contributed by atoms with Gasteiger partial charge in [-0.2, -0.15) is 0 Å². The second kappa shape index (κ2) is 10.6. The molecule has 35 heavy (non-hydrogen) atoms. The molecule has 7 nitrogen and oxygen atoms in total. The van der Waals surface area contributed by atoms with Crippen molar-refractivity contribution in [2.24, 2.45) is 0 Å². The molecular weight excluding hydrogens is 464 g/mol. The third-order valence-corrected chi connectivity index (χ3v) is 7.00. The van der Waals surface area contributed by atoms with Crippen LogP contribution in [0, 0.1) is 0 Å². The summed E-state index contributed by atoms with van der Waals surface area (Å²) in [5, 5.41) is 3.32. The lowest BCUT2D eigenvalue weighted by molar-refractivity contribution is 0.162. The Bertz CT molecular complexity index is 1250. The van der Waals surface area contributed by atoms with Gasteiger partial charge < -0.3 is 19.5 Å². The lowest BCUT2D eigenvalue weighted by Crippen LogP contribution is -2.21. The van der Waals surface area contributed by atoms with Crippen molar-refractivity contribution < 1.29 is 22.6 Å². The maximum atomic E-state index is 12.8. The van der Waals surface area contributed by atoms with Gasteiger partial charge in [-0.1, -0.05) is 51.1 Å². The smallest absolute Gasteiger partial charge is 0.261 e. The van der Waals surface area contributed by atoms with Gasteiger partial charge in [-0.05, 0) is 52.9 Å². The van der Waals surface area contributed by atoms with E-state index < -0.39 is 10.0 Å². The number of hydrogen-bond donors (Lipinski definition) is 2. The number of sulfonamides is 1. The van der Waals surface area contributed by atoms with Gasteiger partial charge in [-0.25, -0.2) is 8.42 Å². The highest BCUT2D eigenvalue weighted by molar-refractivity contribution is 7.92. The monoisotopic (exact) mass is 496 g/mol. The van der Waals surface area contributed by atoms with Crippen LogP contribution in [0.5, 0.6) is 17.2 Å². The van der Waals surface area contributed by atoms with Gasteiger partial charge in [0.05, 0.1) is 4.90 Å². The summed E-state index contributed by atoms with van der Waals surface area (Å²) in [5.41, 5.74) is 2.53. The minimum absolute atomic E-state index is 0.0369. The van der Waals surface area contributed by atoms with Crippen molar-refractivity contribution in [3.8, 4) is 17.2 Å². The topological polar surface area (TPSA) is 85.9 Å². The predicted octanol–water partition coefficient (Wildman–Crippen LogP) is 4.72. The zero-order chi connectivity index (χ0) is 24.9. The summed E-state index contributed by atoms with van der Waals surface area (Å²) in [4.78, 5) is 0.239. The molecule has 0 saturated heterocycles. The van der Waals surface area contributed by atoms with Crippen LogP contribution in [0.1, 0.15) is 31.9 Å². The molecule has 186 valence electrons. The SMILES string of the molecule is CC(C)(C)c1ccc(S(=O)(=O)Nc2cccc(CNCCOc3cccc4c3OCCO4)c2)cc1. The lowest BCUT2D eigenvalue weighted by Gasteiger charge is -2.20. The van der Waals surface area contributed by atoms with Crippen molar-refractivity contribution in [1.82, 2.24) is 5.32 Å². The van der Waals surface area contributed by atoms with E-state index in [1.54, 1.807) is 18.2 Å². The van der Waals surface area contributed by atoms with E-state index in [0.29, 0.717) is 55.8 Å². The standard InChI is InChI=1S/C27H32N2O5S/c1-27(2,3)21-10-12-23(13-11-21)35(30,31)29-22-7-4-6-20(18-22)19-28-14-15-32-24-8-5-9-25-26(24)34-17-16-33-25/h4-13,18,28-29H,14-17,19H2,1-3H3. The molecular formula is C27H32N2O5S. The Morgan fingerprint density at radius 2 is 1.69 bits per heavy atom. The molecule has 0 amide bonds. The van der Waals surface area contributed by atoms with Crippen molar-refractivity contribution >= 4 is 15.7 Å². The first-order chi connectivity index (χ1) is 16.7. The highest BCUT2D eigenvalue weighted by atomic mass is 32.2.